The van der Waals surface area contributed by atoms with Crippen molar-refractivity contribution in [2.75, 3.05) is 11.9 Å². The lowest BCUT2D eigenvalue weighted by molar-refractivity contribution is -0.122. The van der Waals surface area contributed by atoms with Crippen molar-refractivity contribution >= 4 is 68.7 Å². The maximum atomic E-state index is 13.5. The summed E-state index contributed by atoms with van der Waals surface area (Å²) < 4.78 is 25.2. The molecule has 5 rings (SSSR count). The minimum absolute atomic E-state index is 0.176. The number of amidine groups is 1. The quantitative estimate of drug-likeness (QED) is 0.109. The number of halogens is 2. The number of rotatable bonds is 10. The van der Waals surface area contributed by atoms with E-state index in [1.165, 1.54) is 40.9 Å². The van der Waals surface area contributed by atoms with Gasteiger partial charge in [0, 0.05) is 21.9 Å². The number of hydrogen-bond donors (Lipinski definition) is 1. The van der Waals surface area contributed by atoms with Crippen molar-refractivity contribution < 1.29 is 23.1 Å². The number of nitrogens with one attached hydrogen (secondary N) is 1. The number of furan rings is 1. The smallest absolute Gasteiger partial charge is 0.267 e. The molecule has 11 heteroatoms. The van der Waals surface area contributed by atoms with Gasteiger partial charge in [0.15, 0.2) is 11.8 Å². The standard InChI is InChI=1S/C32H24BrFN4O4S/c33-24-10-15-28(42-21-30(39)36-26-13-11-25(34)12-14-26)23(18-24)19-29-31(40)38(20-27-9-5-17-41-27)32(43-29)37-35-16-4-8-22-6-2-1-3-7-22/h1-19H,20-21H2,(H,36,39)/b8-4+,29-19-,35-16+,37-32-. The van der Waals surface area contributed by atoms with Crippen LogP contribution in [0.25, 0.3) is 12.2 Å². The molecule has 2 heterocycles. The van der Waals surface area contributed by atoms with Gasteiger partial charge >= 0.3 is 0 Å². The average Bonchev–Trinajstić information content (AvgIpc) is 3.62. The van der Waals surface area contributed by atoms with E-state index in [1.54, 1.807) is 55.0 Å². The Morgan fingerprint density at radius 1 is 1.07 bits per heavy atom. The van der Waals surface area contributed by atoms with E-state index in [2.05, 4.69) is 31.4 Å². The van der Waals surface area contributed by atoms with Gasteiger partial charge in [-0.05, 0) is 84.1 Å². The van der Waals surface area contributed by atoms with Crippen molar-refractivity contribution in [3.63, 3.8) is 0 Å². The second kappa shape index (κ2) is 14.4. The molecule has 1 saturated heterocycles. The van der Waals surface area contributed by atoms with Gasteiger partial charge in [0.1, 0.15) is 17.3 Å². The summed E-state index contributed by atoms with van der Waals surface area (Å²) in [4.78, 5) is 27.8. The number of benzene rings is 3. The molecule has 0 atom stereocenters. The highest BCUT2D eigenvalue weighted by Gasteiger charge is 2.34. The van der Waals surface area contributed by atoms with Crippen molar-refractivity contribution in [2.45, 2.75) is 6.54 Å². The molecule has 4 aromatic rings. The van der Waals surface area contributed by atoms with Gasteiger partial charge in [-0.3, -0.25) is 14.5 Å². The Kier molecular flexibility index (Phi) is 9.98. The topological polar surface area (TPSA) is 96.5 Å². The fraction of sp³-hybridized carbons (Fsp3) is 0.0625. The number of allylic oxidation sites excluding steroid dienone is 1. The number of amides is 2. The van der Waals surface area contributed by atoms with Crippen molar-refractivity contribution in [2.24, 2.45) is 10.2 Å². The Balaban J connectivity index is 1.33. The lowest BCUT2D eigenvalue weighted by Crippen LogP contribution is -2.28. The van der Waals surface area contributed by atoms with Crippen molar-refractivity contribution in [1.29, 1.82) is 0 Å². The molecule has 43 heavy (non-hydrogen) atoms. The first-order valence-electron chi connectivity index (χ1n) is 13.0. The summed E-state index contributed by atoms with van der Waals surface area (Å²) in [5.74, 6) is -0.114. The molecule has 1 N–H and O–H groups in total. The van der Waals surface area contributed by atoms with E-state index in [9.17, 15) is 14.0 Å². The predicted molar refractivity (Wildman–Crippen MR) is 171 cm³/mol. The first-order valence-corrected chi connectivity index (χ1v) is 14.6. The van der Waals surface area contributed by atoms with E-state index in [-0.39, 0.29) is 19.1 Å². The maximum Gasteiger partial charge on any atom is 0.267 e. The van der Waals surface area contributed by atoms with Crippen LogP contribution < -0.4 is 10.1 Å². The Bertz CT molecular complexity index is 1710. The Morgan fingerprint density at radius 2 is 1.88 bits per heavy atom. The SMILES string of the molecule is O=C(COc1ccc(Br)cc1/C=C1\S\C(=N/N=C/C=C/c2ccccc2)N(Cc2ccco2)C1=O)Nc1ccc(F)cc1. The van der Waals surface area contributed by atoms with Crippen LogP contribution >= 0.6 is 27.7 Å². The van der Waals surface area contributed by atoms with E-state index < -0.39 is 11.7 Å². The molecular formula is C32H24BrFN4O4S. The molecule has 2 amide bonds. The number of carbonyl (C=O) groups excluding carboxylic acids is 2. The first kappa shape index (κ1) is 29.7. The van der Waals surface area contributed by atoms with E-state index in [4.69, 9.17) is 9.15 Å². The molecule has 0 saturated carbocycles. The second-order valence-corrected chi connectivity index (χ2v) is 10.9. The van der Waals surface area contributed by atoms with Crippen LogP contribution in [0, 0.1) is 5.82 Å². The molecule has 0 radical (unpaired) electrons. The molecule has 216 valence electrons. The van der Waals surface area contributed by atoms with Crippen LogP contribution in [0.1, 0.15) is 16.9 Å². The molecule has 0 bridgehead atoms. The molecule has 1 aromatic heterocycles. The van der Waals surface area contributed by atoms with Crippen LogP contribution in [0.3, 0.4) is 0 Å². The summed E-state index contributed by atoms with van der Waals surface area (Å²) in [6.45, 7) is -0.116. The highest BCUT2D eigenvalue weighted by Crippen LogP contribution is 2.36. The van der Waals surface area contributed by atoms with Gasteiger partial charge in [0.2, 0.25) is 0 Å². The Labute approximate surface area is 259 Å². The highest BCUT2D eigenvalue weighted by molar-refractivity contribution is 9.10. The third kappa shape index (κ3) is 8.40. The van der Waals surface area contributed by atoms with Crippen LogP contribution in [-0.4, -0.2) is 34.7 Å². The molecule has 1 aliphatic rings. The highest BCUT2D eigenvalue weighted by atomic mass is 79.9. The summed E-state index contributed by atoms with van der Waals surface area (Å²) in [5, 5.41) is 11.5. The van der Waals surface area contributed by atoms with E-state index in [0.29, 0.717) is 32.8 Å². The van der Waals surface area contributed by atoms with Crippen LogP contribution in [0.15, 0.2) is 121 Å². The third-order valence-corrected chi connectivity index (χ3v) is 7.40. The average molecular weight is 660 g/mol. The monoisotopic (exact) mass is 658 g/mol. The number of anilines is 1. The second-order valence-electron chi connectivity index (χ2n) is 9.02. The van der Waals surface area contributed by atoms with Gasteiger partial charge < -0.3 is 14.5 Å². The number of hydrogen-bond acceptors (Lipinski definition) is 7. The van der Waals surface area contributed by atoms with Gasteiger partial charge in [-0.1, -0.05) is 52.3 Å². The lowest BCUT2D eigenvalue weighted by Gasteiger charge is -2.12. The van der Waals surface area contributed by atoms with Crippen molar-refractivity contribution in [1.82, 2.24) is 4.90 Å². The predicted octanol–water partition coefficient (Wildman–Crippen LogP) is 7.37. The molecule has 0 unspecified atom stereocenters. The summed E-state index contributed by atoms with van der Waals surface area (Å²) >= 11 is 4.63. The number of thioether (sulfide) groups is 1. The fourth-order valence-corrected chi connectivity index (χ4v) is 5.20. The molecule has 8 nitrogen and oxygen atoms in total. The van der Waals surface area contributed by atoms with Gasteiger partial charge in [0.05, 0.1) is 17.7 Å². The maximum absolute atomic E-state index is 13.5. The summed E-state index contributed by atoms with van der Waals surface area (Å²) in [6.07, 6.45) is 8.44. The van der Waals surface area contributed by atoms with E-state index in [1.807, 2.05) is 36.4 Å². The zero-order chi connectivity index (χ0) is 30.0. The normalized spacial score (nSPS) is 15.3. The number of ether oxygens (including phenoxy) is 1. The minimum atomic E-state index is -0.419. The van der Waals surface area contributed by atoms with Crippen LogP contribution in [0.5, 0.6) is 5.75 Å². The number of carbonyl (C=O) groups is 2. The zero-order valence-corrected chi connectivity index (χ0v) is 24.9. The third-order valence-electron chi connectivity index (χ3n) is 5.91. The van der Waals surface area contributed by atoms with Gasteiger partial charge in [-0.2, -0.15) is 5.10 Å². The van der Waals surface area contributed by atoms with Gasteiger partial charge in [-0.25, -0.2) is 4.39 Å². The van der Waals surface area contributed by atoms with Crippen LogP contribution in [-0.2, 0) is 16.1 Å². The van der Waals surface area contributed by atoms with Crippen molar-refractivity contribution in [3.8, 4) is 5.75 Å². The van der Waals surface area contributed by atoms with Crippen LogP contribution in [0.2, 0.25) is 0 Å². The molecule has 3 aromatic carbocycles. The van der Waals surface area contributed by atoms with Gasteiger partial charge in [-0.15, -0.1) is 5.10 Å². The molecular weight excluding hydrogens is 635 g/mol. The largest absolute Gasteiger partial charge is 0.483 e. The lowest BCUT2D eigenvalue weighted by atomic mass is 10.2. The molecule has 1 fully saturated rings. The summed E-state index contributed by atoms with van der Waals surface area (Å²) in [6, 6.07) is 24.0. The Morgan fingerprint density at radius 3 is 2.65 bits per heavy atom. The number of nitrogens with zero attached hydrogens (tertiary/aromatic N) is 3. The van der Waals surface area contributed by atoms with Gasteiger partial charge in [0.25, 0.3) is 11.8 Å². The van der Waals surface area contributed by atoms with Crippen molar-refractivity contribution in [3.05, 3.63) is 129 Å². The zero-order valence-electron chi connectivity index (χ0n) is 22.5. The van der Waals surface area contributed by atoms with E-state index in [0.717, 1.165) is 10.0 Å². The first-order chi connectivity index (χ1) is 20.9. The summed E-state index contributed by atoms with van der Waals surface area (Å²) in [7, 11) is 0. The molecule has 0 spiro atoms. The van der Waals surface area contributed by atoms with E-state index >= 15 is 0 Å². The minimum Gasteiger partial charge on any atom is -0.483 e. The fourth-order valence-electron chi connectivity index (χ4n) is 3.90. The summed E-state index contributed by atoms with van der Waals surface area (Å²) in [5.41, 5.74) is 2.05. The molecule has 1 aliphatic heterocycles. The van der Waals surface area contributed by atoms with Crippen LogP contribution in [0.4, 0.5) is 10.1 Å². The molecule has 0 aliphatic carbocycles. The Hall–Kier alpha value is -4.74.